The van der Waals surface area contributed by atoms with Gasteiger partial charge in [0.05, 0.1) is 5.02 Å². The van der Waals surface area contributed by atoms with Gasteiger partial charge in [0, 0.05) is 5.56 Å². The summed E-state index contributed by atoms with van der Waals surface area (Å²) in [6, 6.07) is 14.5. The van der Waals surface area contributed by atoms with Crippen LogP contribution in [-0.2, 0) is 4.79 Å². The summed E-state index contributed by atoms with van der Waals surface area (Å²) in [6.45, 7) is 1.76. The topological polar surface area (TPSA) is 77.2 Å². The number of carbonyl (C=O) groups excluding carboxylic acids is 1. The number of carbonyl (C=O) groups is 1. The zero-order valence-electron chi connectivity index (χ0n) is 12.8. The lowest BCUT2D eigenvalue weighted by Crippen LogP contribution is -2.20. The highest BCUT2D eigenvalue weighted by molar-refractivity contribution is 6.32. The Morgan fingerprint density at radius 3 is 2.88 bits per heavy atom. The smallest absolute Gasteiger partial charge is 0.270 e. The maximum Gasteiger partial charge on any atom is 0.270 e. The fourth-order valence-corrected chi connectivity index (χ4v) is 2.23. The summed E-state index contributed by atoms with van der Waals surface area (Å²) in [5, 5.41) is 6.69. The Bertz CT molecular complexity index is 864. The third kappa shape index (κ3) is 3.91. The van der Waals surface area contributed by atoms with E-state index in [2.05, 4.69) is 15.5 Å². The van der Waals surface area contributed by atoms with Crippen molar-refractivity contribution in [2.24, 2.45) is 0 Å². The average Bonchev–Trinajstić information content (AvgIpc) is 3.02. The molecule has 0 saturated heterocycles. The molecule has 0 aliphatic rings. The molecule has 0 aliphatic heterocycles. The van der Waals surface area contributed by atoms with Crippen molar-refractivity contribution in [3.63, 3.8) is 0 Å². The Kier molecular flexibility index (Phi) is 4.77. The van der Waals surface area contributed by atoms with E-state index < -0.39 is 5.91 Å². The predicted octanol–water partition coefficient (Wildman–Crippen LogP) is 3.72. The molecule has 1 N–H and O–H groups in total. The molecular weight excluding hydrogens is 330 g/mol. The molecule has 7 heteroatoms. The molecule has 0 fully saturated rings. The molecule has 3 rings (SSSR count). The Balaban J connectivity index is 1.60. The third-order valence-electron chi connectivity index (χ3n) is 3.14. The summed E-state index contributed by atoms with van der Waals surface area (Å²) >= 11 is 5.96. The third-order valence-corrected chi connectivity index (χ3v) is 3.45. The quantitative estimate of drug-likeness (QED) is 0.764. The minimum Gasteiger partial charge on any atom is -0.482 e. The number of ether oxygens (including phenoxy) is 1. The van der Waals surface area contributed by atoms with E-state index >= 15 is 0 Å². The number of benzene rings is 2. The highest BCUT2D eigenvalue weighted by Gasteiger charge is 2.12. The number of aryl methyl sites for hydroxylation is 1. The van der Waals surface area contributed by atoms with Gasteiger partial charge in [0.2, 0.25) is 0 Å². The Labute approximate surface area is 143 Å². The monoisotopic (exact) mass is 343 g/mol. The lowest BCUT2D eigenvalue weighted by atomic mass is 10.1. The first-order chi connectivity index (χ1) is 11.6. The van der Waals surface area contributed by atoms with Crippen molar-refractivity contribution in [1.29, 1.82) is 0 Å². The lowest BCUT2D eigenvalue weighted by molar-refractivity contribution is -0.118. The summed E-state index contributed by atoms with van der Waals surface area (Å²) in [6.07, 6.45) is 0. The van der Waals surface area contributed by atoms with Crippen molar-refractivity contribution >= 4 is 23.5 Å². The van der Waals surface area contributed by atoms with Crippen LogP contribution in [0.15, 0.2) is 53.1 Å². The predicted molar refractivity (Wildman–Crippen MR) is 90.0 cm³/mol. The maximum atomic E-state index is 11.9. The molecule has 0 unspecified atom stereocenters. The summed E-state index contributed by atoms with van der Waals surface area (Å²) in [7, 11) is 0. The van der Waals surface area contributed by atoms with Crippen molar-refractivity contribution in [3.05, 3.63) is 59.1 Å². The molecule has 0 bridgehead atoms. The number of hydrogen-bond acceptors (Lipinski definition) is 5. The standard InChI is InChI=1S/C17H14ClN3O3/c1-11-5-4-6-12(9-11)16-20-17(21-24-16)19-15(22)10-23-14-8-3-2-7-13(14)18/h2-9H,10H2,1H3,(H,19,21,22). The second-order valence-electron chi connectivity index (χ2n) is 5.06. The fraction of sp³-hybridized carbons (Fsp3) is 0.118. The number of halogens is 1. The molecule has 0 aliphatic carbocycles. The minimum atomic E-state index is -0.411. The Morgan fingerprint density at radius 1 is 1.25 bits per heavy atom. The molecule has 0 atom stereocenters. The van der Waals surface area contributed by atoms with Gasteiger partial charge < -0.3 is 9.26 Å². The van der Waals surface area contributed by atoms with E-state index in [1.807, 2.05) is 31.2 Å². The highest BCUT2D eigenvalue weighted by Crippen LogP contribution is 2.23. The van der Waals surface area contributed by atoms with Crippen LogP contribution in [0.25, 0.3) is 11.5 Å². The van der Waals surface area contributed by atoms with Crippen LogP contribution in [0.4, 0.5) is 5.95 Å². The maximum absolute atomic E-state index is 11.9. The first kappa shape index (κ1) is 16.0. The second kappa shape index (κ2) is 7.14. The van der Waals surface area contributed by atoms with Crippen LogP contribution in [0.2, 0.25) is 5.02 Å². The highest BCUT2D eigenvalue weighted by atomic mass is 35.5. The second-order valence-corrected chi connectivity index (χ2v) is 5.47. The minimum absolute atomic E-state index is 0.0827. The number of nitrogens with one attached hydrogen (secondary N) is 1. The average molecular weight is 344 g/mol. The van der Waals surface area contributed by atoms with E-state index in [4.69, 9.17) is 20.9 Å². The van der Waals surface area contributed by atoms with Crippen LogP contribution in [0, 0.1) is 6.92 Å². The van der Waals surface area contributed by atoms with Crippen molar-refractivity contribution < 1.29 is 14.1 Å². The number of anilines is 1. The number of rotatable bonds is 5. The van der Waals surface area contributed by atoms with Gasteiger partial charge in [-0.1, -0.05) is 41.4 Å². The fourth-order valence-electron chi connectivity index (χ4n) is 2.04. The molecule has 1 heterocycles. The van der Waals surface area contributed by atoms with Gasteiger partial charge in [0.15, 0.2) is 6.61 Å². The van der Waals surface area contributed by atoms with Gasteiger partial charge in [-0.3, -0.25) is 10.1 Å². The van der Waals surface area contributed by atoms with E-state index in [9.17, 15) is 4.79 Å². The van der Waals surface area contributed by atoms with Crippen molar-refractivity contribution in [1.82, 2.24) is 10.1 Å². The SMILES string of the molecule is Cc1cccc(-c2nc(NC(=O)COc3ccccc3Cl)no2)c1. The molecule has 6 nitrogen and oxygen atoms in total. The zero-order valence-corrected chi connectivity index (χ0v) is 13.6. The van der Waals surface area contributed by atoms with Gasteiger partial charge in [-0.2, -0.15) is 4.98 Å². The van der Waals surface area contributed by atoms with E-state index in [0.29, 0.717) is 16.7 Å². The van der Waals surface area contributed by atoms with Crippen LogP contribution < -0.4 is 10.1 Å². The van der Waals surface area contributed by atoms with Crippen LogP contribution in [0.1, 0.15) is 5.56 Å². The number of aromatic nitrogens is 2. The van der Waals surface area contributed by atoms with E-state index in [-0.39, 0.29) is 12.6 Å². The summed E-state index contributed by atoms with van der Waals surface area (Å²) in [5.74, 6) is 0.440. The van der Waals surface area contributed by atoms with Gasteiger partial charge in [-0.05, 0) is 36.3 Å². The first-order valence-electron chi connectivity index (χ1n) is 7.20. The molecule has 0 spiro atoms. The normalized spacial score (nSPS) is 10.4. The van der Waals surface area contributed by atoms with Gasteiger partial charge in [-0.15, -0.1) is 0 Å². The number of nitrogens with zero attached hydrogens (tertiary/aromatic N) is 2. The lowest BCUT2D eigenvalue weighted by Gasteiger charge is -2.06. The van der Waals surface area contributed by atoms with Crippen molar-refractivity contribution in [3.8, 4) is 17.2 Å². The number of amides is 1. The van der Waals surface area contributed by atoms with E-state index in [1.165, 1.54) is 0 Å². The van der Waals surface area contributed by atoms with Crippen LogP contribution in [-0.4, -0.2) is 22.7 Å². The van der Waals surface area contributed by atoms with Crippen molar-refractivity contribution in [2.75, 3.05) is 11.9 Å². The van der Waals surface area contributed by atoms with Crippen molar-refractivity contribution in [2.45, 2.75) is 6.92 Å². The van der Waals surface area contributed by atoms with Gasteiger partial charge in [0.25, 0.3) is 17.7 Å². The van der Waals surface area contributed by atoms with Crippen LogP contribution >= 0.6 is 11.6 Å². The molecule has 122 valence electrons. The summed E-state index contributed by atoms with van der Waals surface area (Å²) in [5.41, 5.74) is 1.86. The zero-order chi connectivity index (χ0) is 16.9. The number of hydrogen-bond donors (Lipinski definition) is 1. The summed E-state index contributed by atoms with van der Waals surface area (Å²) in [4.78, 5) is 16.0. The van der Waals surface area contributed by atoms with E-state index in [0.717, 1.165) is 11.1 Å². The Hall–Kier alpha value is -2.86. The Morgan fingerprint density at radius 2 is 2.08 bits per heavy atom. The molecule has 0 saturated carbocycles. The molecule has 3 aromatic rings. The molecule has 24 heavy (non-hydrogen) atoms. The first-order valence-corrected chi connectivity index (χ1v) is 7.57. The summed E-state index contributed by atoms with van der Waals surface area (Å²) < 4.78 is 10.5. The van der Waals surface area contributed by atoms with Gasteiger partial charge in [0.1, 0.15) is 5.75 Å². The number of para-hydroxylation sites is 1. The molecule has 0 radical (unpaired) electrons. The largest absolute Gasteiger partial charge is 0.482 e. The van der Waals surface area contributed by atoms with E-state index in [1.54, 1.807) is 24.3 Å². The van der Waals surface area contributed by atoms with Crippen LogP contribution in [0.5, 0.6) is 5.75 Å². The molecular formula is C17H14ClN3O3. The molecule has 1 amide bonds. The van der Waals surface area contributed by atoms with Gasteiger partial charge >= 0.3 is 0 Å². The van der Waals surface area contributed by atoms with Gasteiger partial charge in [-0.25, -0.2) is 0 Å². The molecule has 1 aromatic heterocycles. The van der Waals surface area contributed by atoms with Crippen LogP contribution in [0.3, 0.4) is 0 Å². The molecule has 2 aromatic carbocycles.